The number of nitrogen functional groups attached to an aromatic ring is 1. The summed E-state index contributed by atoms with van der Waals surface area (Å²) in [5.41, 5.74) is 10.2. The summed E-state index contributed by atoms with van der Waals surface area (Å²) in [6.45, 7) is 0.292. The molecule has 3 rings (SSSR count). The number of nitrogens with zero attached hydrogens (tertiary/aromatic N) is 1. The first-order chi connectivity index (χ1) is 11.2. The molecule has 2 aromatic rings. The Labute approximate surface area is 136 Å². The van der Waals surface area contributed by atoms with Gasteiger partial charge in [-0.3, -0.25) is 0 Å². The van der Waals surface area contributed by atoms with Crippen LogP contribution in [0.4, 0.5) is 10.5 Å². The molecule has 0 saturated heterocycles. The summed E-state index contributed by atoms with van der Waals surface area (Å²) in [6, 6.07) is 15.7. The monoisotopic (exact) mass is 310 g/mol. The van der Waals surface area contributed by atoms with Crippen LogP contribution in [0.25, 0.3) is 0 Å². The van der Waals surface area contributed by atoms with Gasteiger partial charge in [-0.2, -0.15) is 0 Å². The molecule has 2 aromatic carbocycles. The summed E-state index contributed by atoms with van der Waals surface area (Å²) < 4.78 is 5.44. The third-order valence-electron chi connectivity index (χ3n) is 4.47. The van der Waals surface area contributed by atoms with Gasteiger partial charge >= 0.3 is 6.09 Å². The highest BCUT2D eigenvalue weighted by atomic mass is 16.6. The quantitative estimate of drug-likeness (QED) is 0.874. The van der Waals surface area contributed by atoms with Gasteiger partial charge in [0, 0.05) is 12.7 Å². The zero-order valence-corrected chi connectivity index (χ0v) is 13.4. The Balaban J connectivity index is 1.70. The predicted octanol–water partition coefficient (Wildman–Crippen LogP) is 3.91. The highest BCUT2D eigenvalue weighted by Crippen LogP contribution is 2.36. The third kappa shape index (κ3) is 3.31. The Hall–Kier alpha value is -2.49. The van der Waals surface area contributed by atoms with E-state index in [9.17, 15) is 4.79 Å². The van der Waals surface area contributed by atoms with Gasteiger partial charge in [0.1, 0.15) is 6.61 Å². The molecule has 1 unspecified atom stereocenters. The van der Waals surface area contributed by atoms with Gasteiger partial charge in [0.05, 0.1) is 6.04 Å². The Bertz CT molecular complexity index is 685. The largest absolute Gasteiger partial charge is 0.445 e. The predicted molar refractivity (Wildman–Crippen MR) is 90.9 cm³/mol. The molecule has 0 bridgehead atoms. The van der Waals surface area contributed by atoms with Gasteiger partial charge in [-0.15, -0.1) is 0 Å². The van der Waals surface area contributed by atoms with Crippen molar-refractivity contribution in [1.29, 1.82) is 0 Å². The number of amides is 1. The summed E-state index contributed by atoms with van der Waals surface area (Å²) in [4.78, 5) is 14.1. The lowest BCUT2D eigenvalue weighted by atomic mass is 9.86. The summed E-state index contributed by atoms with van der Waals surface area (Å²) in [5.74, 6) is 0. The lowest BCUT2D eigenvalue weighted by Crippen LogP contribution is -2.34. The van der Waals surface area contributed by atoms with Crippen molar-refractivity contribution in [3.8, 4) is 0 Å². The topological polar surface area (TPSA) is 55.6 Å². The molecule has 1 atom stereocenters. The van der Waals surface area contributed by atoms with Gasteiger partial charge in [0.2, 0.25) is 0 Å². The molecule has 120 valence electrons. The van der Waals surface area contributed by atoms with Crippen LogP contribution in [-0.2, 0) is 17.8 Å². The van der Waals surface area contributed by atoms with Gasteiger partial charge in [-0.1, -0.05) is 42.5 Å². The second kappa shape index (κ2) is 6.73. The lowest BCUT2D eigenvalue weighted by Gasteiger charge is -2.33. The third-order valence-corrected chi connectivity index (χ3v) is 4.47. The van der Waals surface area contributed by atoms with Gasteiger partial charge in [-0.05, 0) is 42.0 Å². The van der Waals surface area contributed by atoms with Crippen LogP contribution in [0.5, 0.6) is 0 Å². The van der Waals surface area contributed by atoms with Crippen molar-refractivity contribution in [1.82, 2.24) is 4.90 Å². The molecule has 1 aliphatic carbocycles. The van der Waals surface area contributed by atoms with Crippen molar-refractivity contribution in [3.05, 3.63) is 65.2 Å². The molecule has 0 heterocycles. The minimum absolute atomic E-state index is 0.0329. The fourth-order valence-corrected chi connectivity index (χ4v) is 3.20. The second-order valence-electron chi connectivity index (χ2n) is 5.97. The van der Waals surface area contributed by atoms with E-state index in [0.717, 1.165) is 36.1 Å². The van der Waals surface area contributed by atoms with Crippen molar-refractivity contribution >= 4 is 11.8 Å². The van der Waals surface area contributed by atoms with Crippen LogP contribution >= 0.6 is 0 Å². The average Bonchev–Trinajstić information content (AvgIpc) is 2.60. The van der Waals surface area contributed by atoms with Crippen LogP contribution in [0.3, 0.4) is 0 Å². The Morgan fingerprint density at radius 1 is 1.22 bits per heavy atom. The fourth-order valence-electron chi connectivity index (χ4n) is 3.20. The molecule has 23 heavy (non-hydrogen) atoms. The van der Waals surface area contributed by atoms with Crippen molar-refractivity contribution in [3.63, 3.8) is 0 Å². The van der Waals surface area contributed by atoms with E-state index in [1.54, 1.807) is 11.9 Å². The first-order valence-corrected chi connectivity index (χ1v) is 7.97. The molecule has 4 heteroatoms. The smallest absolute Gasteiger partial charge is 0.410 e. The van der Waals surface area contributed by atoms with E-state index >= 15 is 0 Å². The van der Waals surface area contributed by atoms with Crippen LogP contribution < -0.4 is 5.73 Å². The maximum absolute atomic E-state index is 12.4. The minimum atomic E-state index is -0.297. The SMILES string of the molecule is CN(C(=O)OCc1ccccc1)C1CCCc2c(N)cccc21. The number of ether oxygens (including phenoxy) is 1. The maximum Gasteiger partial charge on any atom is 0.410 e. The molecule has 0 spiro atoms. The van der Waals surface area contributed by atoms with Gasteiger partial charge in [-0.25, -0.2) is 4.79 Å². The zero-order chi connectivity index (χ0) is 16.2. The van der Waals surface area contributed by atoms with Crippen LogP contribution in [0.15, 0.2) is 48.5 Å². The first-order valence-electron chi connectivity index (χ1n) is 7.97. The average molecular weight is 310 g/mol. The van der Waals surface area contributed by atoms with E-state index in [1.807, 2.05) is 42.5 Å². The Morgan fingerprint density at radius 3 is 2.78 bits per heavy atom. The molecule has 1 aliphatic rings. The minimum Gasteiger partial charge on any atom is -0.445 e. The molecule has 0 fully saturated rings. The maximum atomic E-state index is 12.4. The van der Waals surface area contributed by atoms with Gasteiger partial charge in [0.15, 0.2) is 0 Å². The van der Waals surface area contributed by atoms with Crippen molar-refractivity contribution < 1.29 is 9.53 Å². The Kier molecular flexibility index (Phi) is 4.51. The second-order valence-corrected chi connectivity index (χ2v) is 5.97. The number of carbonyl (C=O) groups excluding carboxylic acids is 1. The highest BCUT2D eigenvalue weighted by Gasteiger charge is 2.28. The molecular formula is C19H22N2O2. The molecule has 1 amide bonds. The lowest BCUT2D eigenvalue weighted by molar-refractivity contribution is 0.0876. The summed E-state index contributed by atoms with van der Waals surface area (Å²) in [5, 5.41) is 0. The molecule has 0 radical (unpaired) electrons. The molecular weight excluding hydrogens is 288 g/mol. The normalized spacial score (nSPS) is 16.5. The number of fused-ring (bicyclic) bond motifs is 1. The van der Waals surface area contributed by atoms with Crippen LogP contribution in [0.1, 0.15) is 35.6 Å². The number of rotatable bonds is 3. The van der Waals surface area contributed by atoms with E-state index in [1.165, 1.54) is 5.56 Å². The van der Waals surface area contributed by atoms with Crippen LogP contribution in [0, 0.1) is 0 Å². The summed E-state index contributed by atoms with van der Waals surface area (Å²) in [6.07, 6.45) is 2.65. The fraction of sp³-hybridized carbons (Fsp3) is 0.316. The first kappa shape index (κ1) is 15.4. The van der Waals surface area contributed by atoms with Gasteiger partial charge < -0.3 is 15.4 Å². The number of benzene rings is 2. The van der Waals surface area contributed by atoms with Crippen LogP contribution in [0.2, 0.25) is 0 Å². The summed E-state index contributed by atoms with van der Waals surface area (Å²) in [7, 11) is 1.80. The van der Waals surface area contributed by atoms with Crippen molar-refractivity contribution in [2.45, 2.75) is 31.9 Å². The summed E-state index contributed by atoms with van der Waals surface area (Å²) >= 11 is 0. The van der Waals surface area contributed by atoms with E-state index in [0.29, 0.717) is 6.61 Å². The molecule has 0 aromatic heterocycles. The van der Waals surface area contributed by atoms with Crippen LogP contribution in [-0.4, -0.2) is 18.0 Å². The highest BCUT2D eigenvalue weighted by molar-refractivity contribution is 5.68. The van der Waals surface area contributed by atoms with E-state index in [2.05, 4.69) is 6.07 Å². The number of hydrogen-bond acceptors (Lipinski definition) is 3. The molecule has 0 aliphatic heterocycles. The standard InChI is InChI=1S/C19H22N2O2/c1-21(19(22)23-13-14-7-3-2-4-8-14)18-12-6-9-15-16(18)10-5-11-17(15)20/h2-5,7-8,10-11,18H,6,9,12-13,20H2,1H3. The number of anilines is 1. The molecule has 0 saturated carbocycles. The molecule has 4 nitrogen and oxygen atoms in total. The number of hydrogen-bond donors (Lipinski definition) is 1. The van der Waals surface area contributed by atoms with Crippen molar-refractivity contribution in [2.24, 2.45) is 0 Å². The van der Waals surface area contributed by atoms with E-state index < -0.39 is 0 Å². The molecule has 2 N–H and O–H groups in total. The van der Waals surface area contributed by atoms with E-state index in [4.69, 9.17) is 10.5 Å². The van der Waals surface area contributed by atoms with Crippen molar-refractivity contribution in [2.75, 3.05) is 12.8 Å². The number of nitrogens with two attached hydrogens (primary N) is 1. The van der Waals surface area contributed by atoms with E-state index in [-0.39, 0.29) is 12.1 Å². The van der Waals surface area contributed by atoms with Gasteiger partial charge in [0.25, 0.3) is 0 Å². The number of carbonyl (C=O) groups is 1. The zero-order valence-electron chi connectivity index (χ0n) is 13.4. The Morgan fingerprint density at radius 2 is 2.00 bits per heavy atom.